The molecule has 4 nitrogen and oxygen atoms in total. The molecule has 1 unspecified atom stereocenters. The number of aromatic nitrogens is 2. The van der Waals surface area contributed by atoms with Crippen molar-refractivity contribution in [3.05, 3.63) is 24.3 Å². The van der Waals surface area contributed by atoms with Crippen LogP contribution in [0.1, 0.15) is 50.0 Å². The standard InChI is InChI=1S/C14H21N3O/c1-3-14(2,17-9-5-4-6-10-17)13(18)12-11-15-7-8-16-12/h7-8,11H,3-6,9-10H2,1-2H3. The first-order valence-corrected chi connectivity index (χ1v) is 6.74. The molecular weight excluding hydrogens is 226 g/mol. The van der Waals surface area contributed by atoms with E-state index in [2.05, 4.69) is 21.8 Å². The fourth-order valence-electron chi connectivity index (χ4n) is 2.61. The summed E-state index contributed by atoms with van der Waals surface area (Å²) in [4.78, 5) is 23.1. The lowest BCUT2D eigenvalue weighted by Gasteiger charge is -2.41. The number of piperidine rings is 1. The van der Waals surface area contributed by atoms with Gasteiger partial charge in [-0.1, -0.05) is 13.3 Å². The molecule has 98 valence electrons. The Morgan fingerprint density at radius 3 is 2.61 bits per heavy atom. The van der Waals surface area contributed by atoms with E-state index >= 15 is 0 Å². The maximum absolute atomic E-state index is 12.7. The number of carbonyl (C=O) groups excluding carboxylic acids is 1. The first kappa shape index (κ1) is 13.1. The number of rotatable bonds is 4. The van der Waals surface area contributed by atoms with Crippen LogP contribution in [0.5, 0.6) is 0 Å². The average molecular weight is 247 g/mol. The van der Waals surface area contributed by atoms with Gasteiger partial charge in [-0.2, -0.15) is 0 Å². The molecule has 1 aromatic heterocycles. The smallest absolute Gasteiger partial charge is 0.202 e. The SMILES string of the molecule is CCC(C)(C(=O)c1cnccn1)N1CCCCC1. The van der Waals surface area contributed by atoms with Crippen LogP contribution in [0.25, 0.3) is 0 Å². The summed E-state index contributed by atoms with van der Waals surface area (Å²) in [7, 11) is 0. The van der Waals surface area contributed by atoms with Gasteiger partial charge in [-0.3, -0.25) is 14.7 Å². The highest BCUT2D eigenvalue weighted by atomic mass is 16.1. The van der Waals surface area contributed by atoms with Crippen molar-refractivity contribution < 1.29 is 4.79 Å². The van der Waals surface area contributed by atoms with Crippen LogP contribution in [0.15, 0.2) is 18.6 Å². The Labute approximate surface area is 108 Å². The third-order valence-corrected chi connectivity index (χ3v) is 4.03. The molecule has 1 saturated heterocycles. The summed E-state index contributed by atoms with van der Waals surface area (Å²) in [6.07, 6.45) is 9.20. The lowest BCUT2D eigenvalue weighted by molar-refractivity contribution is 0.0500. The summed E-state index contributed by atoms with van der Waals surface area (Å²) in [6, 6.07) is 0. The van der Waals surface area contributed by atoms with Gasteiger partial charge in [0.15, 0.2) is 0 Å². The van der Waals surface area contributed by atoms with E-state index < -0.39 is 5.54 Å². The third kappa shape index (κ3) is 2.43. The molecular formula is C14H21N3O. The van der Waals surface area contributed by atoms with Gasteiger partial charge in [-0.05, 0) is 39.3 Å². The Balaban J connectivity index is 2.23. The highest BCUT2D eigenvalue weighted by Crippen LogP contribution is 2.27. The number of carbonyl (C=O) groups is 1. The molecule has 0 aromatic carbocycles. The summed E-state index contributed by atoms with van der Waals surface area (Å²) in [5, 5.41) is 0. The fraction of sp³-hybridized carbons (Fsp3) is 0.643. The molecule has 2 rings (SSSR count). The molecule has 0 amide bonds. The van der Waals surface area contributed by atoms with Crippen molar-refractivity contribution in [3.8, 4) is 0 Å². The Kier molecular flexibility index (Phi) is 4.07. The summed E-state index contributed by atoms with van der Waals surface area (Å²) in [6.45, 7) is 6.13. The van der Waals surface area contributed by atoms with Gasteiger partial charge < -0.3 is 0 Å². The van der Waals surface area contributed by atoms with E-state index in [-0.39, 0.29) is 5.78 Å². The summed E-state index contributed by atoms with van der Waals surface area (Å²) < 4.78 is 0. The minimum atomic E-state index is -0.434. The Hall–Kier alpha value is -1.29. The Morgan fingerprint density at radius 1 is 1.33 bits per heavy atom. The molecule has 18 heavy (non-hydrogen) atoms. The van der Waals surface area contributed by atoms with Gasteiger partial charge in [-0.15, -0.1) is 0 Å². The summed E-state index contributed by atoms with van der Waals surface area (Å²) in [5.41, 5.74) is 0.0450. The van der Waals surface area contributed by atoms with Gasteiger partial charge in [0.2, 0.25) is 5.78 Å². The minimum absolute atomic E-state index is 0.0972. The van der Waals surface area contributed by atoms with E-state index in [0.29, 0.717) is 5.69 Å². The van der Waals surface area contributed by atoms with E-state index in [0.717, 1.165) is 19.5 Å². The predicted octanol–water partition coefficient (Wildman–Crippen LogP) is 2.31. The third-order valence-electron chi connectivity index (χ3n) is 4.03. The van der Waals surface area contributed by atoms with Crippen LogP contribution < -0.4 is 0 Å². The van der Waals surface area contributed by atoms with Gasteiger partial charge in [0.1, 0.15) is 5.69 Å². The number of Topliss-reactive ketones (excluding diaryl/α,β-unsaturated/α-hetero) is 1. The van der Waals surface area contributed by atoms with Crippen molar-refractivity contribution in [2.24, 2.45) is 0 Å². The first-order valence-electron chi connectivity index (χ1n) is 6.74. The molecule has 1 aliphatic rings. The molecule has 0 saturated carbocycles. The highest BCUT2D eigenvalue weighted by molar-refractivity contribution is 6.01. The van der Waals surface area contributed by atoms with Gasteiger partial charge in [0.25, 0.3) is 0 Å². The first-order chi connectivity index (χ1) is 8.68. The monoisotopic (exact) mass is 247 g/mol. The van der Waals surface area contributed by atoms with Crippen molar-refractivity contribution in [1.29, 1.82) is 0 Å². The van der Waals surface area contributed by atoms with Crippen LogP contribution in [0.4, 0.5) is 0 Å². The van der Waals surface area contributed by atoms with Crippen molar-refractivity contribution in [2.75, 3.05) is 13.1 Å². The fourth-order valence-corrected chi connectivity index (χ4v) is 2.61. The summed E-state index contributed by atoms with van der Waals surface area (Å²) >= 11 is 0. The van der Waals surface area contributed by atoms with Crippen molar-refractivity contribution in [2.45, 2.75) is 45.1 Å². The van der Waals surface area contributed by atoms with E-state index in [1.165, 1.54) is 19.3 Å². The number of nitrogens with zero attached hydrogens (tertiary/aromatic N) is 3. The van der Waals surface area contributed by atoms with E-state index in [1.807, 2.05) is 6.92 Å². The van der Waals surface area contributed by atoms with Crippen LogP contribution in [-0.4, -0.2) is 39.3 Å². The molecule has 4 heteroatoms. The van der Waals surface area contributed by atoms with Gasteiger partial charge in [-0.25, -0.2) is 4.98 Å². The van der Waals surface area contributed by atoms with Gasteiger partial charge in [0, 0.05) is 12.4 Å². The van der Waals surface area contributed by atoms with Crippen LogP contribution >= 0.6 is 0 Å². The summed E-state index contributed by atoms with van der Waals surface area (Å²) in [5.74, 6) is 0.0972. The zero-order chi connectivity index (χ0) is 13.0. The minimum Gasteiger partial charge on any atom is -0.291 e. The quantitative estimate of drug-likeness (QED) is 0.766. The van der Waals surface area contributed by atoms with Crippen LogP contribution in [0.2, 0.25) is 0 Å². The molecule has 1 fully saturated rings. The second kappa shape index (κ2) is 5.57. The van der Waals surface area contributed by atoms with E-state index in [9.17, 15) is 4.79 Å². The van der Waals surface area contributed by atoms with Crippen molar-refractivity contribution in [1.82, 2.24) is 14.9 Å². The Morgan fingerprint density at radius 2 is 2.06 bits per heavy atom. The lowest BCUT2D eigenvalue weighted by Crippen LogP contribution is -2.54. The second-order valence-corrected chi connectivity index (χ2v) is 5.09. The number of ketones is 1. The highest BCUT2D eigenvalue weighted by Gasteiger charge is 2.39. The molecule has 0 bridgehead atoms. The van der Waals surface area contributed by atoms with Crippen LogP contribution in [-0.2, 0) is 0 Å². The number of hydrogen-bond acceptors (Lipinski definition) is 4. The molecule has 2 heterocycles. The van der Waals surface area contributed by atoms with E-state index in [1.54, 1.807) is 18.6 Å². The van der Waals surface area contributed by atoms with Crippen LogP contribution in [0, 0.1) is 0 Å². The molecule has 0 aliphatic carbocycles. The molecule has 1 aromatic rings. The molecule has 0 spiro atoms. The number of likely N-dealkylation sites (tertiary alicyclic amines) is 1. The normalized spacial score (nSPS) is 20.3. The zero-order valence-corrected chi connectivity index (χ0v) is 11.2. The second-order valence-electron chi connectivity index (χ2n) is 5.09. The predicted molar refractivity (Wildman–Crippen MR) is 70.5 cm³/mol. The Bertz CT molecular complexity index is 401. The average Bonchev–Trinajstić information content (AvgIpc) is 2.47. The van der Waals surface area contributed by atoms with Crippen molar-refractivity contribution >= 4 is 5.78 Å². The molecule has 1 atom stereocenters. The molecule has 1 aliphatic heterocycles. The molecule has 0 N–H and O–H groups in total. The number of hydrogen-bond donors (Lipinski definition) is 0. The van der Waals surface area contributed by atoms with Gasteiger partial charge >= 0.3 is 0 Å². The maximum Gasteiger partial charge on any atom is 0.202 e. The van der Waals surface area contributed by atoms with Crippen molar-refractivity contribution in [3.63, 3.8) is 0 Å². The van der Waals surface area contributed by atoms with Crippen LogP contribution in [0.3, 0.4) is 0 Å². The maximum atomic E-state index is 12.7. The molecule has 0 radical (unpaired) electrons. The lowest BCUT2D eigenvalue weighted by atomic mass is 9.87. The largest absolute Gasteiger partial charge is 0.291 e. The topological polar surface area (TPSA) is 46.1 Å². The van der Waals surface area contributed by atoms with E-state index in [4.69, 9.17) is 0 Å². The van der Waals surface area contributed by atoms with Gasteiger partial charge in [0.05, 0.1) is 11.7 Å². The zero-order valence-electron chi connectivity index (χ0n) is 11.2.